The van der Waals surface area contributed by atoms with Crippen LogP contribution in [-0.4, -0.2) is 17.0 Å². The Morgan fingerprint density at radius 3 is 2.63 bits per heavy atom. The number of hydrogen-bond acceptors (Lipinski definition) is 5. The molecule has 7 heteroatoms. The summed E-state index contributed by atoms with van der Waals surface area (Å²) in [6.07, 6.45) is 4.57. The molecule has 1 N–H and O–H groups in total. The molecule has 0 atom stereocenters. The van der Waals surface area contributed by atoms with Gasteiger partial charge >= 0.3 is 11.5 Å². The van der Waals surface area contributed by atoms with Crippen LogP contribution in [0.1, 0.15) is 5.56 Å². The lowest BCUT2D eigenvalue weighted by atomic mass is 10.2. The third-order valence-electron chi connectivity index (χ3n) is 2.56. The van der Waals surface area contributed by atoms with Crippen molar-refractivity contribution in [3.63, 3.8) is 0 Å². The molecule has 0 saturated carbocycles. The van der Waals surface area contributed by atoms with Gasteiger partial charge in [-0.05, 0) is 17.1 Å². The number of nitro groups is 1. The standard InChI is InChI=1S/C12H10N5O2/c1-14-11-9(7-13)12(15-8-10(11)17(18)19)16-5-3-2-4-6-16/h2-6,8H,1H3,(H,14,15)/q+1. The van der Waals surface area contributed by atoms with Crippen LogP contribution >= 0.6 is 0 Å². The summed E-state index contributed by atoms with van der Waals surface area (Å²) in [7, 11) is 1.53. The summed E-state index contributed by atoms with van der Waals surface area (Å²) in [6.45, 7) is 0. The van der Waals surface area contributed by atoms with Gasteiger partial charge in [-0.25, -0.2) is 4.57 Å². The lowest BCUT2D eigenvalue weighted by Gasteiger charge is -2.04. The topological polar surface area (TPSA) is 95.7 Å². The maximum atomic E-state index is 10.9. The fourth-order valence-corrected chi connectivity index (χ4v) is 1.72. The third-order valence-corrected chi connectivity index (χ3v) is 2.56. The van der Waals surface area contributed by atoms with E-state index in [1.54, 1.807) is 29.1 Å². The maximum Gasteiger partial charge on any atom is 0.348 e. The lowest BCUT2D eigenvalue weighted by molar-refractivity contribution is -0.599. The van der Waals surface area contributed by atoms with E-state index >= 15 is 0 Å². The molecule has 0 saturated heterocycles. The van der Waals surface area contributed by atoms with Crippen molar-refractivity contribution >= 4 is 11.4 Å². The summed E-state index contributed by atoms with van der Waals surface area (Å²) in [5.74, 6) is 0.345. The van der Waals surface area contributed by atoms with Crippen LogP contribution < -0.4 is 9.88 Å². The highest BCUT2D eigenvalue weighted by molar-refractivity contribution is 5.71. The number of aromatic nitrogens is 2. The first kappa shape index (κ1) is 12.4. The fourth-order valence-electron chi connectivity index (χ4n) is 1.72. The van der Waals surface area contributed by atoms with Crippen molar-refractivity contribution in [2.75, 3.05) is 12.4 Å². The predicted octanol–water partition coefficient (Wildman–Crippen LogP) is 1.18. The molecule has 0 unspecified atom stereocenters. The van der Waals surface area contributed by atoms with Gasteiger partial charge in [-0.15, -0.1) is 0 Å². The molecule has 19 heavy (non-hydrogen) atoms. The first-order valence-electron chi connectivity index (χ1n) is 5.41. The van der Waals surface area contributed by atoms with Crippen molar-refractivity contribution in [3.05, 3.63) is 52.5 Å². The van der Waals surface area contributed by atoms with Crippen LogP contribution in [0.5, 0.6) is 0 Å². The Balaban J connectivity index is 2.72. The van der Waals surface area contributed by atoms with Crippen molar-refractivity contribution in [3.8, 4) is 11.9 Å². The van der Waals surface area contributed by atoms with E-state index in [2.05, 4.69) is 10.3 Å². The van der Waals surface area contributed by atoms with E-state index in [1.807, 2.05) is 12.1 Å². The molecule has 94 valence electrons. The second-order valence-corrected chi connectivity index (χ2v) is 3.62. The number of nitriles is 1. The molecule has 0 radical (unpaired) electrons. The Kier molecular flexibility index (Phi) is 3.34. The maximum absolute atomic E-state index is 10.9. The molecule has 2 rings (SSSR count). The number of nitrogens with zero attached hydrogens (tertiary/aromatic N) is 4. The normalized spacial score (nSPS) is 9.68. The molecule has 2 aromatic rings. The predicted molar refractivity (Wildman–Crippen MR) is 66.7 cm³/mol. The molecule has 0 aliphatic rings. The third kappa shape index (κ3) is 2.19. The van der Waals surface area contributed by atoms with Crippen LogP contribution in [0.3, 0.4) is 0 Å². The van der Waals surface area contributed by atoms with Crippen LogP contribution in [-0.2, 0) is 0 Å². The number of hydrogen-bond donors (Lipinski definition) is 1. The Morgan fingerprint density at radius 1 is 1.42 bits per heavy atom. The number of nitrogens with one attached hydrogen (secondary N) is 1. The first-order chi connectivity index (χ1) is 9.19. The zero-order valence-corrected chi connectivity index (χ0v) is 10.1. The van der Waals surface area contributed by atoms with E-state index in [1.165, 1.54) is 7.05 Å². The van der Waals surface area contributed by atoms with Crippen LogP contribution in [0.2, 0.25) is 0 Å². The molecule has 0 amide bonds. The second kappa shape index (κ2) is 5.10. The summed E-state index contributed by atoms with van der Waals surface area (Å²) in [5.41, 5.74) is 0.0704. The van der Waals surface area contributed by atoms with Crippen LogP contribution in [0.25, 0.3) is 5.82 Å². The van der Waals surface area contributed by atoms with Crippen LogP contribution in [0.15, 0.2) is 36.8 Å². The van der Waals surface area contributed by atoms with Crippen molar-refractivity contribution in [2.24, 2.45) is 0 Å². The Hall–Kier alpha value is -3.01. The molecule has 0 bridgehead atoms. The van der Waals surface area contributed by atoms with E-state index in [0.717, 1.165) is 6.20 Å². The largest absolute Gasteiger partial charge is 0.381 e. The quantitative estimate of drug-likeness (QED) is 0.505. The molecule has 2 heterocycles. The minimum absolute atomic E-state index is 0.132. The molecule has 7 nitrogen and oxygen atoms in total. The van der Waals surface area contributed by atoms with Crippen LogP contribution in [0, 0.1) is 21.4 Å². The van der Waals surface area contributed by atoms with E-state index in [0.29, 0.717) is 5.82 Å². The smallest absolute Gasteiger partial charge is 0.348 e. The molecule has 0 aromatic carbocycles. The molecular formula is C12H10N5O2+. The van der Waals surface area contributed by atoms with Gasteiger partial charge in [-0.2, -0.15) is 5.26 Å². The van der Waals surface area contributed by atoms with E-state index in [-0.39, 0.29) is 16.9 Å². The molecule has 0 aliphatic heterocycles. The van der Waals surface area contributed by atoms with Crippen molar-refractivity contribution in [2.45, 2.75) is 0 Å². The Bertz CT molecular complexity index is 664. The summed E-state index contributed by atoms with van der Waals surface area (Å²) in [5, 5.41) is 22.8. The van der Waals surface area contributed by atoms with Crippen molar-refractivity contribution < 1.29 is 9.49 Å². The van der Waals surface area contributed by atoms with E-state index in [9.17, 15) is 15.4 Å². The zero-order valence-electron chi connectivity index (χ0n) is 10.1. The SMILES string of the molecule is CNc1c([N+](=O)[O-])cnc(-[n+]2ccccc2)c1C#N. The average Bonchev–Trinajstić information content (AvgIpc) is 2.46. The molecule has 0 fully saturated rings. The summed E-state index contributed by atoms with van der Waals surface area (Å²) in [4.78, 5) is 14.3. The van der Waals surface area contributed by atoms with E-state index < -0.39 is 4.92 Å². The van der Waals surface area contributed by atoms with Gasteiger partial charge in [0.2, 0.25) is 6.20 Å². The monoisotopic (exact) mass is 256 g/mol. The minimum Gasteiger partial charge on any atom is -0.381 e. The van der Waals surface area contributed by atoms with Gasteiger partial charge in [-0.1, -0.05) is 6.07 Å². The summed E-state index contributed by atoms with van der Waals surface area (Å²) < 4.78 is 1.63. The zero-order chi connectivity index (χ0) is 13.8. The van der Waals surface area contributed by atoms with Gasteiger partial charge in [-0.3, -0.25) is 10.1 Å². The van der Waals surface area contributed by atoms with Crippen molar-refractivity contribution in [1.82, 2.24) is 4.98 Å². The number of pyridine rings is 2. The number of rotatable bonds is 3. The molecule has 0 aliphatic carbocycles. The van der Waals surface area contributed by atoms with Gasteiger partial charge in [0, 0.05) is 7.05 Å². The van der Waals surface area contributed by atoms with E-state index in [4.69, 9.17) is 0 Å². The molecular weight excluding hydrogens is 246 g/mol. The highest BCUT2D eigenvalue weighted by Crippen LogP contribution is 2.28. The second-order valence-electron chi connectivity index (χ2n) is 3.62. The highest BCUT2D eigenvalue weighted by Gasteiger charge is 2.27. The fraction of sp³-hybridized carbons (Fsp3) is 0.0833. The van der Waals surface area contributed by atoms with Gasteiger partial charge in [0.15, 0.2) is 5.56 Å². The number of anilines is 1. The van der Waals surface area contributed by atoms with Gasteiger partial charge in [0.05, 0.1) is 17.3 Å². The minimum atomic E-state index is -0.570. The van der Waals surface area contributed by atoms with Gasteiger partial charge in [0.1, 0.15) is 11.8 Å². The van der Waals surface area contributed by atoms with Crippen LogP contribution in [0.4, 0.5) is 11.4 Å². The molecule has 0 spiro atoms. The Labute approximate surface area is 108 Å². The summed E-state index contributed by atoms with van der Waals surface area (Å²) >= 11 is 0. The highest BCUT2D eigenvalue weighted by atomic mass is 16.6. The van der Waals surface area contributed by atoms with Gasteiger partial charge < -0.3 is 5.32 Å². The van der Waals surface area contributed by atoms with Crippen molar-refractivity contribution in [1.29, 1.82) is 5.26 Å². The average molecular weight is 256 g/mol. The Morgan fingerprint density at radius 2 is 2.11 bits per heavy atom. The molecule has 2 aromatic heterocycles. The van der Waals surface area contributed by atoms with Gasteiger partial charge in [0.25, 0.3) is 0 Å². The first-order valence-corrected chi connectivity index (χ1v) is 5.41. The lowest BCUT2D eigenvalue weighted by Crippen LogP contribution is -2.32. The summed E-state index contributed by atoms with van der Waals surface area (Å²) in [6, 6.07) is 7.35.